The summed E-state index contributed by atoms with van der Waals surface area (Å²) in [5, 5.41) is 8.00. The lowest BCUT2D eigenvalue weighted by Gasteiger charge is -1.98. The zero-order valence-corrected chi connectivity index (χ0v) is 4.42. The van der Waals surface area contributed by atoms with Gasteiger partial charge in [0, 0.05) is 0 Å². The molecule has 0 aliphatic carbocycles. The lowest BCUT2D eigenvalue weighted by atomic mass is 10.5. The molecule has 44 valence electrons. The van der Waals surface area contributed by atoms with E-state index in [1.807, 2.05) is 0 Å². The third-order valence-electron chi connectivity index (χ3n) is 0.475. The Hall–Kier alpha value is -1.24. The molecule has 0 saturated heterocycles. The van der Waals surface area contributed by atoms with Crippen molar-refractivity contribution in [1.82, 2.24) is 0 Å². The predicted octanol–water partition coefficient (Wildman–Crippen LogP) is -0.00622. The largest absolute Gasteiger partial charge is 0.431 e. The first-order valence-electron chi connectivity index (χ1n) is 2.02. The number of amides is 1. The number of carbonyl (C=O) groups excluding carboxylic acids is 1. The molecular weight excluding hydrogens is 108 g/mol. The second kappa shape index (κ2) is 2.86. The number of nitrogens with two attached hydrogens (primary N) is 1. The molecule has 1 amide bonds. The van der Waals surface area contributed by atoms with Crippen LogP contribution in [0, 0.1) is 11.3 Å². The van der Waals surface area contributed by atoms with E-state index in [0.29, 0.717) is 0 Å². The molecular formula is C4H6N2O2. The fraction of sp³-hybridized carbons (Fsp3) is 0.500. The normalized spacial score (nSPS) is 11.5. The Bertz CT molecular complexity index is 126. The highest BCUT2D eigenvalue weighted by molar-refractivity contribution is 5.65. The Morgan fingerprint density at radius 2 is 2.50 bits per heavy atom. The molecule has 1 atom stereocenters. The molecule has 0 aromatic heterocycles. The highest BCUT2D eigenvalue weighted by Crippen LogP contribution is 1.84. The molecule has 0 aliphatic rings. The summed E-state index contributed by atoms with van der Waals surface area (Å²) in [6.07, 6.45) is -1.66. The van der Waals surface area contributed by atoms with Crippen molar-refractivity contribution in [3.63, 3.8) is 0 Å². The monoisotopic (exact) mass is 114 g/mol. The van der Waals surface area contributed by atoms with E-state index in [1.165, 1.54) is 6.92 Å². The van der Waals surface area contributed by atoms with Gasteiger partial charge in [0.15, 0.2) is 6.10 Å². The van der Waals surface area contributed by atoms with Gasteiger partial charge in [0.2, 0.25) is 0 Å². The third kappa shape index (κ3) is 2.97. The van der Waals surface area contributed by atoms with E-state index < -0.39 is 12.2 Å². The number of primary amides is 1. The average molecular weight is 114 g/mol. The second-order valence-electron chi connectivity index (χ2n) is 1.21. The molecule has 0 aliphatic heterocycles. The van der Waals surface area contributed by atoms with E-state index >= 15 is 0 Å². The van der Waals surface area contributed by atoms with E-state index in [1.54, 1.807) is 6.07 Å². The number of hydrogen-bond acceptors (Lipinski definition) is 3. The number of nitrogens with zero attached hydrogens (tertiary/aromatic N) is 1. The van der Waals surface area contributed by atoms with Crippen LogP contribution in [-0.2, 0) is 4.74 Å². The maximum atomic E-state index is 9.82. The van der Waals surface area contributed by atoms with Gasteiger partial charge in [-0.1, -0.05) is 0 Å². The Morgan fingerprint density at radius 1 is 2.00 bits per heavy atom. The third-order valence-corrected chi connectivity index (χ3v) is 0.475. The van der Waals surface area contributed by atoms with E-state index in [-0.39, 0.29) is 0 Å². The smallest absolute Gasteiger partial charge is 0.405 e. The Labute approximate surface area is 46.8 Å². The minimum atomic E-state index is -0.918. The summed E-state index contributed by atoms with van der Waals surface area (Å²) >= 11 is 0. The van der Waals surface area contributed by atoms with E-state index in [4.69, 9.17) is 5.26 Å². The van der Waals surface area contributed by atoms with Crippen LogP contribution in [0.1, 0.15) is 6.92 Å². The number of hydrogen-bond donors (Lipinski definition) is 1. The molecule has 4 heteroatoms. The van der Waals surface area contributed by atoms with Gasteiger partial charge in [0.1, 0.15) is 6.07 Å². The summed E-state index contributed by atoms with van der Waals surface area (Å²) in [5.74, 6) is 0. The summed E-state index contributed by atoms with van der Waals surface area (Å²) in [4.78, 5) is 9.82. The first kappa shape index (κ1) is 6.76. The second-order valence-corrected chi connectivity index (χ2v) is 1.21. The van der Waals surface area contributed by atoms with Crippen molar-refractivity contribution in [1.29, 1.82) is 5.26 Å². The molecule has 0 radical (unpaired) electrons. The topological polar surface area (TPSA) is 76.1 Å². The zero-order valence-electron chi connectivity index (χ0n) is 4.42. The molecule has 0 aromatic carbocycles. The van der Waals surface area contributed by atoms with Crippen molar-refractivity contribution in [2.75, 3.05) is 0 Å². The van der Waals surface area contributed by atoms with Crippen LogP contribution < -0.4 is 5.73 Å². The van der Waals surface area contributed by atoms with Crippen LogP contribution in [-0.4, -0.2) is 12.2 Å². The molecule has 0 bridgehead atoms. The fourth-order valence-electron chi connectivity index (χ4n) is 0.201. The van der Waals surface area contributed by atoms with Gasteiger partial charge in [0.05, 0.1) is 0 Å². The molecule has 0 rings (SSSR count). The van der Waals surface area contributed by atoms with Gasteiger partial charge in [-0.05, 0) is 6.92 Å². The van der Waals surface area contributed by atoms with Crippen molar-refractivity contribution in [2.24, 2.45) is 5.73 Å². The molecule has 0 unspecified atom stereocenters. The Kier molecular flexibility index (Phi) is 2.41. The van der Waals surface area contributed by atoms with Crippen LogP contribution in [0.25, 0.3) is 0 Å². The summed E-state index contributed by atoms with van der Waals surface area (Å²) in [7, 11) is 0. The molecule has 4 nitrogen and oxygen atoms in total. The highest BCUT2D eigenvalue weighted by atomic mass is 16.6. The van der Waals surface area contributed by atoms with Crippen LogP contribution in [0.3, 0.4) is 0 Å². The van der Waals surface area contributed by atoms with Crippen molar-refractivity contribution in [3.05, 3.63) is 0 Å². The fourth-order valence-corrected chi connectivity index (χ4v) is 0.201. The highest BCUT2D eigenvalue weighted by Gasteiger charge is 2.00. The minimum absolute atomic E-state index is 0.743. The van der Waals surface area contributed by atoms with Crippen molar-refractivity contribution < 1.29 is 9.53 Å². The number of rotatable bonds is 1. The van der Waals surface area contributed by atoms with Crippen molar-refractivity contribution >= 4 is 6.09 Å². The average Bonchev–Trinajstić information content (AvgIpc) is 1.65. The molecule has 0 spiro atoms. The van der Waals surface area contributed by atoms with Gasteiger partial charge in [-0.25, -0.2) is 4.79 Å². The molecule has 0 fully saturated rings. The molecule has 0 heterocycles. The maximum absolute atomic E-state index is 9.82. The van der Waals surface area contributed by atoms with Crippen LogP contribution >= 0.6 is 0 Å². The van der Waals surface area contributed by atoms with Gasteiger partial charge in [0.25, 0.3) is 0 Å². The first-order valence-corrected chi connectivity index (χ1v) is 2.02. The van der Waals surface area contributed by atoms with E-state index in [9.17, 15) is 4.79 Å². The SMILES string of the molecule is C[C@H](C#N)OC(N)=O. The van der Waals surface area contributed by atoms with Crippen LogP contribution in [0.4, 0.5) is 4.79 Å². The van der Waals surface area contributed by atoms with Crippen LogP contribution in [0.5, 0.6) is 0 Å². The quantitative estimate of drug-likeness (QED) is 0.521. The Morgan fingerprint density at radius 3 is 2.62 bits per heavy atom. The van der Waals surface area contributed by atoms with Gasteiger partial charge in [-0.15, -0.1) is 0 Å². The zero-order chi connectivity index (χ0) is 6.57. The van der Waals surface area contributed by atoms with E-state index in [0.717, 1.165) is 0 Å². The molecule has 0 saturated carbocycles. The number of carbonyl (C=O) groups is 1. The molecule has 0 aromatic rings. The van der Waals surface area contributed by atoms with Crippen LogP contribution in [0.2, 0.25) is 0 Å². The Balaban J connectivity index is 3.43. The number of nitriles is 1. The van der Waals surface area contributed by atoms with Gasteiger partial charge in [-0.2, -0.15) is 5.26 Å². The molecule has 2 N–H and O–H groups in total. The summed E-state index contributed by atoms with van der Waals surface area (Å²) in [6.45, 7) is 1.44. The minimum Gasteiger partial charge on any atom is -0.431 e. The lowest BCUT2D eigenvalue weighted by Crippen LogP contribution is -2.18. The maximum Gasteiger partial charge on any atom is 0.405 e. The van der Waals surface area contributed by atoms with Gasteiger partial charge in [-0.3, -0.25) is 0 Å². The van der Waals surface area contributed by atoms with Crippen LogP contribution in [0.15, 0.2) is 0 Å². The van der Waals surface area contributed by atoms with Gasteiger partial charge < -0.3 is 10.5 Å². The van der Waals surface area contributed by atoms with Crippen molar-refractivity contribution in [3.8, 4) is 6.07 Å². The first-order chi connectivity index (χ1) is 3.66. The summed E-state index contributed by atoms with van der Waals surface area (Å²) in [5.41, 5.74) is 4.56. The van der Waals surface area contributed by atoms with E-state index in [2.05, 4.69) is 10.5 Å². The standard InChI is InChI=1S/C4H6N2O2/c1-3(2-5)8-4(6)7/h3H,1H3,(H2,6,7)/t3-/m1/s1. The van der Waals surface area contributed by atoms with Crippen molar-refractivity contribution in [2.45, 2.75) is 13.0 Å². The van der Waals surface area contributed by atoms with Gasteiger partial charge >= 0.3 is 6.09 Å². The lowest BCUT2D eigenvalue weighted by molar-refractivity contribution is 0.140. The predicted molar refractivity (Wildman–Crippen MR) is 25.7 cm³/mol. The molecule has 8 heavy (non-hydrogen) atoms. The summed E-state index contributed by atoms with van der Waals surface area (Å²) < 4.78 is 4.18. The number of ether oxygens (including phenoxy) is 1. The summed E-state index contributed by atoms with van der Waals surface area (Å²) in [6, 6.07) is 1.67.